The molecule has 1 aromatic carbocycles. The van der Waals surface area contributed by atoms with Crippen molar-refractivity contribution in [1.29, 1.82) is 0 Å². The summed E-state index contributed by atoms with van der Waals surface area (Å²) in [6.45, 7) is 0. The number of hydrogen-bond donors (Lipinski definition) is 3. The molecule has 0 unspecified atom stereocenters. The van der Waals surface area contributed by atoms with E-state index in [2.05, 4.69) is 30.0 Å². The van der Waals surface area contributed by atoms with Crippen LogP contribution in [0.1, 0.15) is 20.7 Å². The van der Waals surface area contributed by atoms with Crippen LogP contribution in [0.25, 0.3) is 0 Å². The molecule has 80 valence electrons. The van der Waals surface area contributed by atoms with Gasteiger partial charge >= 0.3 is 11.9 Å². The van der Waals surface area contributed by atoms with Crippen LogP contribution >= 0.6 is 25.3 Å². The van der Waals surface area contributed by atoms with Gasteiger partial charge in [0.2, 0.25) is 0 Å². The van der Waals surface area contributed by atoms with Gasteiger partial charge in [0.25, 0.3) is 0 Å². The SMILES string of the molecule is COC(=O)c1cc(S)cc(C(=O)O)c1S. The normalized spacial score (nSPS) is 9.80. The Balaban J connectivity index is 3.41. The third-order valence-corrected chi connectivity index (χ3v) is 2.47. The molecule has 0 aliphatic heterocycles. The van der Waals surface area contributed by atoms with Gasteiger partial charge in [-0.1, -0.05) is 0 Å². The summed E-state index contributed by atoms with van der Waals surface area (Å²) in [6.07, 6.45) is 0. The molecule has 0 atom stereocenters. The quantitative estimate of drug-likeness (QED) is 0.548. The molecule has 0 aliphatic rings. The van der Waals surface area contributed by atoms with E-state index in [9.17, 15) is 9.59 Å². The second-order valence-electron chi connectivity index (χ2n) is 2.69. The number of carboxylic acid groups (broad SMARTS) is 1. The highest BCUT2D eigenvalue weighted by atomic mass is 32.1. The predicted molar refractivity (Wildman–Crippen MR) is 59.2 cm³/mol. The Morgan fingerprint density at radius 2 is 1.80 bits per heavy atom. The summed E-state index contributed by atoms with van der Waals surface area (Å²) >= 11 is 7.97. The number of carbonyl (C=O) groups is 2. The van der Waals surface area contributed by atoms with Gasteiger partial charge in [-0.25, -0.2) is 9.59 Å². The van der Waals surface area contributed by atoms with Gasteiger partial charge in [0.15, 0.2) is 0 Å². The van der Waals surface area contributed by atoms with Crippen LogP contribution in [0.5, 0.6) is 0 Å². The number of carbonyl (C=O) groups excluding carboxylic acids is 1. The maximum Gasteiger partial charge on any atom is 0.339 e. The van der Waals surface area contributed by atoms with Gasteiger partial charge in [-0.15, -0.1) is 25.3 Å². The molecule has 0 bridgehead atoms. The fraction of sp³-hybridized carbons (Fsp3) is 0.111. The molecule has 1 rings (SSSR count). The third kappa shape index (κ3) is 2.45. The van der Waals surface area contributed by atoms with E-state index in [1.807, 2.05) is 0 Å². The molecule has 15 heavy (non-hydrogen) atoms. The Hall–Kier alpha value is -1.14. The number of benzene rings is 1. The van der Waals surface area contributed by atoms with E-state index in [0.717, 1.165) is 0 Å². The van der Waals surface area contributed by atoms with E-state index < -0.39 is 11.9 Å². The van der Waals surface area contributed by atoms with E-state index in [4.69, 9.17) is 5.11 Å². The van der Waals surface area contributed by atoms with Crippen molar-refractivity contribution in [2.24, 2.45) is 0 Å². The molecule has 6 heteroatoms. The highest BCUT2D eigenvalue weighted by molar-refractivity contribution is 7.80. The number of ether oxygens (including phenoxy) is 1. The van der Waals surface area contributed by atoms with Crippen LogP contribution in [0.2, 0.25) is 0 Å². The predicted octanol–water partition coefficient (Wildman–Crippen LogP) is 1.75. The number of rotatable bonds is 2. The molecular formula is C9H8O4S2. The minimum Gasteiger partial charge on any atom is -0.478 e. The lowest BCUT2D eigenvalue weighted by molar-refractivity contribution is 0.0596. The van der Waals surface area contributed by atoms with E-state index in [1.165, 1.54) is 19.2 Å². The van der Waals surface area contributed by atoms with Crippen LogP contribution < -0.4 is 0 Å². The largest absolute Gasteiger partial charge is 0.478 e. The zero-order chi connectivity index (χ0) is 11.6. The molecule has 1 aromatic rings. The lowest BCUT2D eigenvalue weighted by Crippen LogP contribution is -2.07. The van der Waals surface area contributed by atoms with Crippen molar-refractivity contribution < 1.29 is 19.4 Å². The first-order valence-electron chi connectivity index (χ1n) is 3.85. The minimum absolute atomic E-state index is 0.0761. The fourth-order valence-electron chi connectivity index (χ4n) is 1.05. The molecule has 0 heterocycles. The Labute approximate surface area is 97.1 Å². The van der Waals surface area contributed by atoms with Crippen LogP contribution in [0.4, 0.5) is 0 Å². The third-order valence-electron chi connectivity index (χ3n) is 1.73. The molecule has 0 saturated carbocycles. The van der Waals surface area contributed by atoms with Gasteiger partial charge in [-0.2, -0.15) is 0 Å². The van der Waals surface area contributed by atoms with Crippen LogP contribution in [0.3, 0.4) is 0 Å². The van der Waals surface area contributed by atoms with E-state index in [1.54, 1.807) is 0 Å². The van der Waals surface area contributed by atoms with E-state index >= 15 is 0 Å². The molecule has 1 N–H and O–H groups in total. The summed E-state index contributed by atoms with van der Waals surface area (Å²) < 4.78 is 4.49. The molecule has 0 aliphatic carbocycles. The smallest absolute Gasteiger partial charge is 0.339 e. The van der Waals surface area contributed by atoms with Gasteiger partial charge in [-0.3, -0.25) is 0 Å². The lowest BCUT2D eigenvalue weighted by atomic mass is 10.1. The van der Waals surface area contributed by atoms with Crippen LogP contribution in [-0.2, 0) is 4.74 Å². The van der Waals surface area contributed by atoms with Crippen LogP contribution in [0, 0.1) is 0 Å². The van der Waals surface area contributed by atoms with Crippen molar-refractivity contribution in [3.8, 4) is 0 Å². The summed E-state index contributed by atoms with van der Waals surface area (Å²) in [7, 11) is 1.21. The number of esters is 1. The second kappa shape index (κ2) is 4.59. The Morgan fingerprint density at radius 3 is 2.27 bits per heavy atom. The first-order chi connectivity index (χ1) is 6.97. The van der Waals surface area contributed by atoms with Crippen molar-refractivity contribution in [3.63, 3.8) is 0 Å². The summed E-state index contributed by atoms with van der Waals surface area (Å²) in [5.41, 5.74) is 0.0111. The lowest BCUT2D eigenvalue weighted by Gasteiger charge is -2.07. The Bertz CT molecular complexity index is 428. The van der Waals surface area contributed by atoms with Gasteiger partial charge in [-0.05, 0) is 12.1 Å². The number of hydrogen-bond acceptors (Lipinski definition) is 5. The van der Waals surface area contributed by atoms with Crippen molar-refractivity contribution in [2.45, 2.75) is 9.79 Å². The summed E-state index contributed by atoms with van der Waals surface area (Å²) in [5.74, 6) is -1.81. The standard InChI is InChI=1S/C9H8O4S2/c1-13-9(12)6-3-4(14)2-5(7(6)15)8(10)11/h2-3,14-15H,1H3,(H,10,11). The van der Waals surface area contributed by atoms with Crippen LogP contribution in [-0.4, -0.2) is 24.2 Å². The van der Waals surface area contributed by atoms with Crippen LogP contribution in [0.15, 0.2) is 21.9 Å². The van der Waals surface area contributed by atoms with E-state index in [-0.39, 0.29) is 16.0 Å². The molecule has 4 nitrogen and oxygen atoms in total. The second-order valence-corrected chi connectivity index (χ2v) is 3.65. The number of aromatic carboxylic acids is 1. The first-order valence-corrected chi connectivity index (χ1v) is 4.74. The number of carboxylic acids is 1. The monoisotopic (exact) mass is 244 g/mol. The molecule has 0 radical (unpaired) electrons. The molecule has 0 saturated heterocycles. The molecular weight excluding hydrogens is 236 g/mol. The van der Waals surface area contributed by atoms with Crippen molar-refractivity contribution in [2.75, 3.05) is 7.11 Å². The maximum absolute atomic E-state index is 11.3. The summed E-state index contributed by atoms with van der Waals surface area (Å²) in [5, 5.41) is 8.83. The Morgan fingerprint density at radius 1 is 1.27 bits per heavy atom. The highest BCUT2D eigenvalue weighted by Crippen LogP contribution is 2.24. The van der Waals surface area contributed by atoms with Gasteiger partial charge in [0, 0.05) is 9.79 Å². The Kier molecular flexibility index (Phi) is 3.65. The highest BCUT2D eigenvalue weighted by Gasteiger charge is 2.17. The van der Waals surface area contributed by atoms with Gasteiger partial charge in [0.1, 0.15) is 0 Å². The van der Waals surface area contributed by atoms with Crippen molar-refractivity contribution in [1.82, 2.24) is 0 Å². The van der Waals surface area contributed by atoms with Crippen molar-refractivity contribution in [3.05, 3.63) is 23.3 Å². The molecule has 0 aromatic heterocycles. The average molecular weight is 244 g/mol. The van der Waals surface area contributed by atoms with Gasteiger partial charge in [0.05, 0.1) is 18.2 Å². The average Bonchev–Trinajstić information content (AvgIpc) is 2.19. The first kappa shape index (κ1) is 11.9. The zero-order valence-corrected chi connectivity index (χ0v) is 9.51. The molecule has 0 spiro atoms. The minimum atomic E-state index is -1.17. The molecule has 0 amide bonds. The van der Waals surface area contributed by atoms with Gasteiger partial charge < -0.3 is 9.84 Å². The van der Waals surface area contributed by atoms with E-state index in [0.29, 0.717) is 4.90 Å². The maximum atomic E-state index is 11.3. The topological polar surface area (TPSA) is 63.6 Å². The fourth-order valence-corrected chi connectivity index (χ4v) is 1.62. The molecule has 0 fully saturated rings. The summed E-state index contributed by atoms with van der Waals surface area (Å²) in [4.78, 5) is 22.5. The number of thiol groups is 2. The van der Waals surface area contributed by atoms with Crippen molar-refractivity contribution >= 4 is 37.2 Å². The summed E-state index contributed by atoms with van der Waals surface area (Å²) in [6, 6.07) is 2.73. The zero-order valence-electron chi connectivity index (χ0n) is 7.72. The number of methoxy groups -OCH3 is 1.